The Bertz CT molecular complexity index is 518. The van der Waals surface area contributed by atoms with Crippen molar-refractivity contribution in [3.05, 3.63) is 64.7 Å². The minimum atomic E-state index is 0.590. The van der Waals surface area contributed by atoms with Crippen LogP contribution in [0.1, 0.15) is 42.0 Å². The van der Waals surface area contributed by atoms with Crippen molar-refractivity contribution < 1.29 is 0 Å². The highest BCUT2D eigenvalue weighted by Crippen LogP contribution is 2.19. The summed E-state index contributed by atoms with van der Waals surface area (Å²) in [5, 5.41) is 3.51. The highest BCUT2D eigenvalue weighted by molar-refractivity contribution is 5.47. The second kappa shape index (κ2) is 5.92. The lowest BCUT2D eigenvalue weighted by atomic mass is 10.0. The Morgan fingerprint density at radius 1 is 0.895 bits per heavy atom. The summed E-state index contributed by atoms with van der Waals surface area (Å²) < 4.78 is 0. The molecule has 0 saturated heterocycles. The predicted octanol–water partition coefficient (Wildman–Crippen LogP) is 5.04. The number of anilines is 1. The molecule has 0 aliphatic rings. The fraction of sp³-hybridized carbons (Fsp3) is 0.333. The minimum absolute atomic E-state index is 0.590. The van der Waals surface area contributed by atoms with Gasteiger partial charge in [0, 0.05) is 12.2 Å². The first-order chi connectivity index (χ1) is 9.08. The van der Waals surface area contributed by atoms with Crippen LogP contribution < -0.4 is 5.32 Å². The summed E-state index contributed by atoms with van der Waals surface area (Å²) in [5.41, 5.74) is 6.68. The van der Waals surface area contributed by atoms with E-state index in [-0.39, 0.29) is 0 Å². The molecule has 2 aromatic rings. The fourth-order valence-electron chi connectivity index (χ4n) is 2.30. The fourth-order valence-corrected chi connectivity index (χ4v) is 2.30. The van der Waals surface area contributed by atoms with Crippen LogP contribution >= 0.6 is 0 Å². The zero-order chi connectivity index (χ0) is 13.8. The molecular formula is C18H23N. The van der Waals surface area contributed by atoms with Gasteiger partial charge >= 0.3 is 0 Å². The van der Waals surface area contributed by atoms with Gasteiger partial charge in [-0.05, 0) is 54.2 Å². The molecule has 19 heavy (non-hydrogen) atoms. The third-order valence-electron chi connectivity index (χ3n) is 3.69. The zero-order valence-corrected chi connectivity index (χ0v) is 12.3. The van der Waals surface area contributed by atoms with Gasteiger partial charge in [-0.3, -0.25) is 0 Å². The van der Waals surface area contributed by atoms with Crippen LogP contribution in [0.25, 0.3) is 0 Å². The first-order valence-electron chi connectivity index (χ1n) is 6.97. The van der Waals surface area contributed by atoms with Crippen molar-refractivity contribution in [2.45, 2.75) is 40.2 Å². The number of hydrogen-bond acceptors (Lipinski definition) is 1. The molecule has 0 saturated carbocycles. The lowest BCUT2D eigenvalue weighted by Crippen LogP contribution is -2.03. The van der Waals surface area contributed by atoms with Gasteiger partial charge in [0.25, 0.3) is 0 Å². The number of benzene rings is 2. The first kappa shape index (κ1) is 13.7. The van der Waals surface area contributed by atoms with Gasteiger partial charge in [0.1, 0.15) is 0 Å². The van der Waals surface area contributed by atoms with E-state index in [1.807, 2.05) is 0 Å². The van der Waals surface area contributed by atoms with Crippen molar-refractivity contribution in [2.24, 2.45) is 0 Å². The normalized spacial score (nSPS) is 10.8. The van der Waals surface area contributed by atoms with Gasteiger partial charge in [-0.2, -0.15) is 0 Å². The van der Waals surface area contributed by atoms with Crippen LogP contribution in [0.3, 0.4) is 0 Å². The van der Waals surface area contributed by atoms with Crippen LogP contribution in [0.5, 0.6) is 0 Å². The lowest BCUT2D eigenvalue weighted by molar-refractivity contribution is 0.866. The highest BCUT2D eigenvalue weighted by atomic mass is 14.9. The van der Waals surface area contributed by atoms with Crippen LogP contribution in [0, 0.1) is 13.8 Å². The molecule has 100 valence electrons. The van der Waals surface area contributed by atoms with Crippen molar-refractivity contribution in [1.29, 1.82) is 0 Å². The molecule has 0 bridgehead atoms. The SMILES string of the molecule is Cc1cccc(C)c1CNc1ccc(C(C)C)cc1. The minimum Gasteiger partial charge on any atom is -0.381 e. The van der Waals surface area contributed by atoms with Crippen LogP contribution in [-0.2, 0) is 6.54 Å². The summed E-state index contributed by atoms with van der Waals surface area (Å²) in [5.74, 6) is 0.590. The largest absolute Gasteiger partial charge is 0.381 e. The van der Waals surface area contributed by atoms with Gasteiger partial charge < -0.3 is 5.32 Å². The molecule has 0 amide bonds. The molecule has 0 aliphatic heterocycles. The Hall–Kier alpha value is -1.76. The van der Waals surface area contributed by atoms with E-state index in [0.717, 1.165) is 6.54 Å². The molecule has 0 aromatic heterocycles. The van der Waals surface area contributed by atoms with Crippen molar-refractivity contribution >= 4 is 5.69 Å². The summed E-state index contributed by atoms with van der Waals surface area (Å²) in [4.78, 5) is 0. The molecule has 2 rings (SSSR count). The Morgan fingerprint density at radius 2 is 1.47 bits per heavy atom. The molecule has 0 radical (unpaired) electrons. The van der Waals surface area contributed by atoms with Crippen LogP contribution in [0.15, 0.2) is 42.5 Å². The first-order valence-corrected chi connectivity index (χ1v) is 6.97. The van der Waals surface area contributed by atoms with Gasteiger partial charge in [0.15, 0.2) is 0 Å². The van der Waals surface area contributed by atoms with Gasteiger partial charge in [-0.1, -0.05) is 44.2 Å². The van der Waals surface area contributed by atoms with Gasteiger partial charge in [-0.15, -0.1) is 0 Å². The molecule has 1 N–H and O–H groups in total. The number of nitrogens with one attached hydrogen (secondary N) is 1. The number of rotatable bonds is 4. The van der Waals surface area contributed by atoms with E-state index >= 15 is 0 Å². The van der Waals surface area contributed by atoms with E-state index in [9.17, 15) is 0 Å². The quantitative estimate of drug-likeness (QED) is 0.805. The summed E-state index contributed by atoms with van der Waals surface area (Å²) in [6.07, 6.45) is 0. The average Bonchev–Trinajstić information content (AvgIpc) is 2.38. The summed E-state index contributed by atoms with van der Waals surface area (Å²) in [6, 6.07) is 15.2. The Kier molecular flexibility index (Phi) is 4.26. The Balaban J connectivity index is 2.06. The van der Waals surface area contributed by atoms with E-state index in [4.69, 9.17) is 0 Å². The summed E-state index contributed by atoms with van der Waals surface area (Å²) in [6.45, 7) is 9.68. The maximum absolute atomic E-state index is 3.51. The standard InChI is InChI=1S/C18H23N/c1-13(2)16-8-10-17(11-9-16)19-12-18-14(3)6-5-7-15(18)4/h5-11,13,19H,12H2,1-4H3. The van der Waals surface area contributed by atoms with Gasteiger partial charge in [-0.25, -0.2) is 0 Å². The summed E-state index contributed by atoms with van der Waals surface area (Å²) >= 11 is 0. The second-order valence-corrected chi connectivity index (χ2v) is 5.50. The number of aryl methyl sites for hydroxylation is 2. The third kappa shape index (κ3) is 3.37. The van der Waals surface area contributed by atoms with E-state index in [2.05, 4.69) is 75.5 Å². The molecule has 0 fully saturated rings. The highest BCUT2D eigenvalue weighted by Gasteiger charge is 2.02. The average molecular weight is 253 g/mol. The predicted molar refractivity (Wildman–Crippen MR) is 83.8 cm³/mol. The molecular weight excluding hydrogens is 230 g/mol. The van der Waals surface area contributed by atoms with Crippen molar-refractivity contribution in [1.82, 2.24) is 0 Å². The lowest BCUT2D eigenvalue weighted by Gasteiger charge is -2.13. The topological polar surface area (TPSA) is 12.0 Å². The van der Waals surface area contributed by atoms with E-state index in [1.165, 1.54) is 27.9 Å². The molecule has 0 heterocycles. The van der Waals surface area contributed by atoms with Crippen molar-refractivity contribution in [2.75, 3.05) is 5.32 Å². The number of hydrogen-bond donors (Lipinski definition) is 1. The smallest absolute Gasteiger partial charge is 0.0406 e. The summed E-state index contributed by atoms with van der Waals surface area (Å²) in [7, 11) is 0. The van der Waals surface area contributed by atoms with E-state index < -0.39 is 0 Å². The molecule has 1 heteroatoms. The van der Waals surface area contributed by atoms with Crippen LogP contribution in [0.2, 0.25) is 0 Å². The van der Waals surface area contributed by atoms with Crippen molar-refractivity contribution in [3.63, 3.8) is 0 Å². The molecule has 2 aromatic carbocycles. The maximum Gasteiger partial charge on any atom is 0.0406 e. The molecule has 0 aliphatic carbocycles. The molecule has 0 unspecified atom stereocenters. The molecule has 0 spiro atoms. The Morgan fingerprint density at radius 3 is 2.00 bits per heavy atom. The maximum atomic E-state index is 3.51. The molecule has 0 atom stereocenters. The van der Waals surface area contributed by atoms with Gasteiger partial charge in [0.05, 0.1) is 0 Å². The molecule has 1 nitrogen and oxygen atoms in total. The van der Waals surface area contributed by atoms with Crippen LogP contribution in [-0.4, -0.2) is 0 Å². The van der Waals surface area contributed by atoms with Crippen molar-refractivity contribution in [3.8, 4) is 0 Å². The third-order valence-corrected chi connectivity index (χ3v) is 3.69. The van der Waals surface area contributed by atoms with Crippen LogP contribution in [0.4, 0.5) is 5.69 Å². The zero-order valence-electron chi connectivity index (χ0n) is 12.3. The van der Waals surface area contributed by atoms with Gasteiger partial charge in [0.2, 0.25) is 0 Å². The second-order valence-electron chi connectivity index (χ2n) is 5.50. The van der Waals surface area contributed by atoms with E-state index in [1.54, 1.807) is 0 Å². The van der Waals surface area contributed by atoms with E-state index in [0.29, 0.717) is 5.92 Å². The Labute approximate surface area is 116 Å². The monoisotopic (exact) mass is 253 g/mol.